The third kappa shape index (κ3) is 4.44. The maximum atomic E-state index is 13.0. The molecule has 150 valence electrons. The number of thiazole rings is 1. The topological polar surface area (TPSA) is 80.9 Å². The maximum absolute atomic E-state index is 13.0. The van der Waals surface area contributed by atoms with Gasteiger partial charge in [0, 0.05) is 38.3 Å². The van der Waals surface area contributed by atoms with Gasteiger partial charge < -0.3 is 14.0 Å². The summed E-state index contributed by atoms with van der Waals surface area (Å²) >= 11 is 1.47. The van der Waals surface area contributed by atoms with Crippen LogP contribution in [-0.2, 0) is 4.74 Å². The van der Waals surface area contributed by atoms with Crippen LogP contribution in [0.4, 0.5) is 5.13 Å². The summed E-state index contributed by atoms with van der Waals surface area (Å²) < 4.78 is 16.7. The van der Waals surface area contributed by atoms with E-state index in [1.54, 1.807) is 18.1 Å². The molecular weight excluding hydrogens is 404 g/mol. The van der Waals surface area contributed by atoms with E-state index in [2.05, 4.69) is 15.0 Å². The zero-order chi connectivity index (χ0) is 18.6. The number of fused-ring (bicyclic) bond motifs is 1. The molecule has 0 N–H and O–H groups in total. The Morgan fingerprint density at radius 1 is 1.32 bits per heavy atom. The number of nitrogens with zero attached hydrogens (tertiary/aromatic N) is 4. The molecule has 0 aliphatic carbocycles. The second-order valence-corrected chi connectivity index (χ2v) is 7.13. The van der Waals surface area contributed by atoms with Crippen molar-refractivity contribution in [2.24, 2.45) is 0 Å². The van der Waals surface area contributed by atoms with Crippen LogP contribution in [0.25, 0.3) is 10.2 Å². The summed E-state index contributed by atoms with van der Waals surface area (Å²) in [6.07, 6.45) is 1.47. The van der Waals surface area contributed by atoms with Gasteiger partial charge in [0.25, 0.3) is 5.91 Å². The molecule has 0 spiro atoms. The van der Waals surface area contributed by atoms with Gasteiger partial charge in [0.05, 0.1) is 36.7 Å². The van der Waals surface area contributed by atoms with Crippen LogP contribution in [0.3, 0.4) is 0 Å². The number of carbonyl (C=O) groups excluding carboxylic acids is 1. The van der Waals surface area contributed by atoms with Crippen molar-refractivity contribution < 1.29 is 18.8 Å². The number of anilines is 1. The average Bonchev–Trinajstić information content (AvgIpc) is 3.38. The molecule has 0 bridgehead atoms. The summed E-state index contributed by atoms with van der Waals surface area (Å²) in [4.78, 5) is 21.6. The fourth-order valence-electron chi connectivity index (χ4n) is 2.95. The van der Waals surface area contributed by atoms with Crippen LogP contribution in [0, 0.1) is 0 Å². The van der Waals surface area contributed by atoms with Gasteiger partial charge in [-0.25, -0.2) is 4.98 Å². The van der Waals surface area contributed by atoms with E-state index in [0.717, 1.165) is 48.8 Å². The Hall–Kier alpha value is -2.20. The van der Waals surface area contributed by atoms with Crippen LogP contribution in [-0.4, -0.2) is 67.5 Å². The van der Waals surface area contributed by atoms with Crippen molar-refractivity contribution >= 4 is 45.0 Å². The molecule has 28 heavy (non-hydrogen) atoms. The number of hydrogen-bond donors (Lipinski definition) is 0. The Morgan fingerprint density at radius 2 is 2.14 bits per heavy atom. The third-order valence-electron chi connectivity index (χ3n) is 4.45. The third-order valence-corrected chi connectivity index (χ3v) is 5.51. The Balaban J connectivity index is 0.00000225. The van der Waals surface area contributed by atoms with Gasteiger partial charge in [0.15, 0.2) is 5.13 Å². The van der Waals surface area contributed by atoms with Crippen molar-refractivity contribution in [1.82, 2.24) is 15.0 Å². The van der Waals surface area contributed by atoms with Gasteiger partial charge in [-0.15, -0.1) is 12.4 Å². The van der Waals surface area contributed by atoms with Crippen molar-refractivity contribution in [3.05, 3.63) is 36.2 Å². The van der Waals surface area contributed by atoms with Gasteiger partial charge >= 0.3 is 0 Å². The van der Waals surface area contributed by atoms with E-state index in [-0.39, 0.29) is 24.1 Å². The number of carbonyl (C=O) groups is 1. The summed E-state index contributed by atoms with van der Waals surface area (Å²) in [5, 5.41) is 4.28. The quantitative estimate of drug-likeness (QED) is 0.601. The van der Waals surface area contributed by atoms with E-state index in [0.29, 0.717) is 11.7 Å². The van der Waals surface area contributed by atoms with Crippen molar-refractivity contribution in [3.63, 3.8) is 0 Å². The summed E-state index contributed by atoms with van der Waals surface area (Å²) in [6.45, 7) is 4.41. The molecule has 10 heteroatoms. The first-order valence-corrected chi connectivity index (χ1v) is 9.53. The smallest absolute Gasteiger partial charge is 0.298 e. The molecule has 4 rings (SSSR count). The van der Waals surface area contributed by atoms with E-state index in [4.69, 9.17) is 14.0 Å². The van der Waals surface area contributed by atoms with Crippen molar-refractivity contribution in [2.45, 2.75) is 0 Å². The lowest BCUT2D eigenvalue weighted by atomic mass is 10.3. The van der Waals surface area contributed by atoms with Gasteiger partial charge in [-0.05, 0) is 12.1 Å². The number of amides is 1. The zero-order valence-electron chi connectivity index (χ0n) is 15.4. The minimum absolute atomic E-state index is 0. The average molecular weight is 425 g/mol. The molecule has 3 heterocycles. The predicted octanol–water partition coefficient (Wildman–Crippen LogP) is 2.69. The number of benzene rings is 1. The fraction of sp³-hybridized carbons (Fsp3) is 0.389. The highest BCUT2D eigenvalue weighted by atomic mass is 35.5. The van der Waals surface area contributed by atoms with Gasteiger partial charge in [-0.1, -0.05) is 16.5 Å². The highest BCUT2D eigenvalue weighted by Gasteiger charge is 2.25. The molecule has 2 aromatic heterocycles. The van der Waals surface area contributed by atoms with Crippen molar-refractivity contribution in [3.8, 4) is 5.75 Å². The first-order chi connectivity index (χ1) is 13.2. The van der Waals surface area contributed by atoms with Gasteiger partial charge in [-0.2, -0.15) is 0 Å². The summed E-state index contributed by atoms with van der Waals surface area (Å²) in [5.41, 5.74) is 0.802. The molecule has 1 aliphatic rings. The maximum Gasteiger partial charge on any atom is 0.298 e. The van der Waals surface area contributed by atoms with E-state index in [1.165, 1.54) is 17.5 Å². The SMILES string of the molecule is COc1ccc2sc(N(CCN3CCOCC3)C(=O)c3ccno3)nc2c1.Cl. The molecule has 1 fully saturated rings. The van der Waals surface area contributed by atoms with E-state index < -0.39 is 0 Å². The normalized spacial score (nSPS) is 14.6. The minimum Gasteiger partial charge on any atom is -0.497 e. The highest BCUT2D eigenvalue weighted by molar-refractivity contribution is 7.22. The second kappa shape index (κ2) is 9.33. The molecule has 1 aromatic carbocycles. The fourth-order valence-corrected chi connectivity index (χ4v) is 3.92. The number of morpholine rings is 1. The number of aromatic nitrogens is 2. The van der Waals surface area contributed by atoms with Crippen LogP contribution in [0.2, 0.25) is 0 Å². The lowest BCUT2D eigenvalue weighted by Crippen LogP contribution is -2.43. The van der Waals surface area contributed by atoms with Crippen LogP contribution in [0.1, 0.15) is 10.6 Å². The van der Waals surface area contributed by atoms with E-state index >= 15 is 0 Å². The minimum atomic E-state index is -0.244. The molecule has 1 saturated heterocycles. The molecule has 3 aromatic rings. The van der Waals surface area contributed by atoms with Crippen LogP contribution < -0.4 is 9.64 Å². The Morgan fingerprint density at radius 3 is 2.86 bits per heavy atom. The Labute approximate surface area is 172 Å². The largest absolute Gasteiger partial charge is 0.497 e. The van der Waals surface area contributed by atoms with Gasteiger partial charge in [-0.3, -0.25) is 14.6 Å². The predicted molar refractivity (Wildman–Crippen MR) is 109 cm³/mol. The standard InChI is InChI=1S/C18H20N4O4S.ClH/c1-24-13-2-3-16-14(12-13)20-18(27-16)22(17(23)15-4-5-19-26-15)7-6-21-8-10-25-11-9-21;/h2-5,12H,6-11H2,1H3;1H. The second-order valence-electron chi connectivity index (χ2n) is 6.12. The van der Waals surface area contributed by atoms with E-state index in [1.807, 2.05) is 18.2 Å². The lowest BCUT2D eigenvalue weighted by Gasteiger charge is -2.28. The van der Waals surface area contributed by atoms with Crippen molar-refractivity contribution in [1.29, 1.82) is 0 Å². The molecule has 8 nitrogen and oxygen atoms in total. The highest BCUT2D eigenvalue weighted by Crippen LogP contribution is 2.31. The molecular formula is C18H21ClN4O4S. The van der Waals surface area contributed by atoms with Crippen molar-refractivity contribution in [2.75, 3.05) is 51.4 Å². The summed E-state index contributed by atoms with van der Waals surface area (Å²) in [6, 6.07) is 7.28. The number of hydrogen-bond acceptors (Lipinski definition) is 8. The Kier molecular flexibility index (Phi) is 6.84. The molecule has 0 radical (unpaired) electrons. The number of rotatable bonds is 6. The molecule has 1 amide bonds. The lowest BCUT2D eigenvalue weighted by molar-refractivity contribution is 0.0390. The van der Waals surface area contributed by atoms with E-state index in [9.17, 15) is 4.79 Å². The molecule has 0 atom stereocenters. The monoisotopic (exact) mass is 424 g/mol. The van der Waals surface area contributed by atoms with Crippen LogP contribution in [0.5, 0.6) is 5.75 Å². The molecule has 0 saturated carbocycles. The van der Waals surface area contributed by atoms with Gasteiger partial charge in [0.2, 0.25) is 5.76 Å². The number of methoxy groups -OCH3 is 1. The van der Waals surface area contributed by atoms with Crippen LogP contribution >= 0.6 is 23.7 Å². The van der Waals surface area contributed by atoms with Crippen LogP contribution in [0.15, 0.2) is 35.0 Å². The zero-order valence-corrected chi connectivity index (χ0v) is 17.0. The van der Waals surface area contributed by atoms with Gasteiger partial charge in [0.1, 0.15) is 5.75 Å². The first-order valence-electron chi connectivity index (χ1n) is 8.72. The Bertz CT molecular complexity index is 912. The summed E-state index contributed by atoms with van der Waals surface area (Å²) in [7, 11) is 1.62. The number of halogens is 1. The first kappa shape index (κ1) is 20.5. The molecule has 0 unspecified atom stereocenters. The summed E-state index contributed by atoms with van der Waals surface area (Å²) in [5.74, 6) is 0.696. The molecule has 1 aliphatic heterocycles. The number of ether oxygens (including phenoxy) is 2.